The van der Waals surface area contributed by atoms with Crippen molar-refractivity contribution < 1.29 is 18.8 Å². The van der Waals surface area contributed by atoms with Gasteiger partial charge in [0, 0.05) is 19.0 Å². The second-order valence-electron chi connectivity index (χ2n) is 5.80. The van der Waals surface area contributed by atoms with Crippen molar-refractivity contribution in [2.75, 3.05) is 26.8 Å². The summed E-state index contributed by atoms with van der Waals surface area (Å²) < 4.78 is 15.7. The van der Waals surface area contributed by atoms with Crippen LogP contribution in [0.15, 0.2) is 28.8 Å². The number of ether oxygens (including phenoxy) is 2. The summed E-state index contributed by atoms with van der Waals surface area (Å²) in [5.41, 5.74) is 1.15. The van der Waals surface area contributed by atoms with Crippen LogP contribution in [0.5, 0.6) is 5.75 Å². The molecule has 0 radical (unpaired) electrons. The molecule has 0 N–H and O–H groups in total. The van der Waals surface area contributed by atoms with Gasteiger partial charge >= 0.3 is 0 Å². The van der Waals surface area contributed by atoms with Gasteiger partial charge in [0.05, 0.1) is 7.11 Å². The fourth-order valence-corrected chi connectivity index (χ4v) is 2.96. The number of likely N-dealkylation sites (tertiary alicyclic amines) is 1. The van der Waals surface area contributed by atoms with Gasteiger partial charge < -0.3 is 18.9 Å². The molecule has 1 fully saturated rings. The zero-order chi connectivity index (χ0) is 16.9. The molecule has 2 heterocycles. The number of aromatic nitrogens is 2. The van der Waals surface area contributed by atoms with Gasteiger partial charge in [0.25, 0.3) is 5.89 Å². The molecule has 1 saturated heterocycles. The molecule has 1 aliphatic heterocycles. The van der Waals surface area contributed by atoms with E-state index in [1.807, 2.05) is 23.1 Å². The standard InChI is InChI=1S/C17H21N3O4/c1-12-18-16(24-19-12)10-23-11-17(21)20-8-7-13(9-20)14-5-3-4-6-15(14)22-2/h3-6,13H,7-11H2,1-2H3. The predicted molar refractivity (Wildman–Crippen MR) is 85.6 cm³/mol. The first-order valence-corrected chi connectivity index (χ1v) is 7.95. The SMILES string of the molecule is COc1ccccc1C1CCN(C(=O)COCc2nc(C)no2)C1. The molecule has 128 valence electrons. The number of hydrogen-bond donors (Lipinski definition) is 0. The van der Waals surface area contributed by atoms with Gasteiger partial charge in [-0.15, -0.1) is 0 Å². The van der Waals surface area contributed by atoms with Crippen molar-refractivity contribution in [3.63, 3.8) is 0 Å². The van der Waals surface area contributed by atoms with Crippen molar-refractivity contribution in [1.82, 2.24) is 15.0 Å². The number of para-hydroxylation sites is 1. The normalized spacial score (nSPS) is 17.2. The first kappa shape index (κ1) is 16.4. The fraction of sp³-hybridized carbons (Fsp3) is 0.471. The first-order valence-electron chi connectivity index (χ1n) is 7.95. The Morgan fingerprint density at radius 2 is 2.25 bits per heavy atom. The molecule has 0 bridgehead atoms. The number of amides is 1. The van der Waals surface area contributed by atoms with Crippen molar-refractivity contribution in [2.24, 2.45) is 0 Å². The fourth-order valence-electron chi connectivity index (χ4n) is 2.96. The zero-order valence-electron chi connectivity index (χ0n) is 13.9. The summed E-state index contributed by atoms with van der Waals surface area (Å²) in [6, 6.07) is 7.96. The van der Waals surface area contributed by atoms with Crippen molar-refractivity contribution in [2.45, 2.75) is 25.9 Å². The lowest BCUT2D eigenvalue weighted by Crippen LogP contribution is -2.31. The Hall–Kier alpha value is -2.41. The van der Waals surface area contributed by atoms with Crippen LogP contribution in [0.4, 0.5) is 0 Å². The number of hydrogen-bond acceptors (Lipinski definition) is 6. The molecule has 0 spiro atoms. The summed E-state index contributed by atoms with van der Waals surface area (Å²) in [5, 5.41) is 3.68. The highest BCUT2D eigenvalue weighted by Crippen LogP contribution is 2.33. The minimum Gasteiger partial charge on any atom is -0.496 e. The predicted octanol–water partition coefficient (Wildman–Crippen LogP) is 1.92. The van der Waals surface area contributed by atoms with Gasteiger partial charge in [0.1, 0.15) is 19.0 Å². The van der Waals surface area contributed by atoms with E-state index in [4.69, 9.17) is 14.0 Å². The van der Waals surface area contributed by atoms with Crippen LogP contribution in [0.1, 0.15) is 29.6 Å². The van der Waals surface area contributed by atoms with Gasteiger partial charge in [0.15, 0.2) is 5.82 Å². The minimum absolute atomic E-state index is 0.0140. The van der Waals surface area contributed by atoms with E-state index in [1.165, 1.54) is 0 Å². The molecule has 7 nitrogen and oxygen atoms in total. The molecule has 3 rings (SSSR count). The topological polar surface area (TPSA) is 77.7 Å². The van der Waals surface area contributed by atoms with Gasteiger partial charge in [-0.05, 0) is 25.0 Å². The second kappa shape index (κ2) is 7.44. The Balaban J connectivity index is 1.50. The molecule has 1 aromatic carbocycles. The summed E-state index contributed by atoms with van der Waals surface area (Å²) in [6.45, 7) is 3.31. The summed E-state index contributed by atoms with van der Waals surface area (Å²) in [7, 11) is 1.67. The van der Waals surface area contributed by atoms with E-state index in [-0.39, 0.29) is 19.1 Å². The van der Waals surface area contributed by atoms with Crippen molar-refractivity contribution >= 4 is 5.91 Å². The zero-order valence-corrected chi connectivity index (χ0v) is 13.9. The molecule has 1 atom stereocenters. The molecule has 7 heteroatoms. The van der Waals surface area contributed by atoms with Crippen LogP contribution >= 0.6 is 0 Å². The summed E-state index contributed by atoms with van der Waals surface area (Å²) in [5.74, 6) is 2.08. The van der Waals surface area contributed by atoms with Crippen LogP contribution in [0.2, 0.25) is 0 Å². The Labute approximate surface area is 140 Å². The molecule has 1 amide bonds. The number of nitrogens with zero attached hydrogens (tertiary/aromatic N) is 3. The van der Waals surface area contributed by atoms with E-state index in [1.54, 1.807) is 14.0 Å². The third-order valence-electron chi connectivity index (χ3n) is 4.14. The van der Waals surface area contributed by atoms with Gasteiger partial charge in [-0.2, -0.15) is 4.98 Å². The number of aryl methyl sites for hydroxylation is 1. The highest BCUT2D eigenvalue weighted by Gasteiger charge is 2.28. The molecule has 1 aromatic heterocycles. The number of methoxy groups -OCH3 is 1. The molecular weight excluding hydrogens is 310 g/mol. The highest BCUT2D eigenvalue weighted by molar-refractivity contribution is 5.77. The average molecular weight is 331 g/mol. The van der Waals surface area contributed by atoms with Crippen molar-refractivity contribution in [3.8, 4) is 5.75 Å². The van der Waals surface area contributed by atoms with Crippen LogP contribution in [0.25, 0.3) is 0 Å². The van der Waals surface area contributed by atoms with E-state index in [0.29, 0.717) is 24.2 Å². The van der Waals surface area contributed by atoms with Gasteiger partial charge in [-0.3, -0.25) is 4.79 Å². The van der Waals surface area contributed by atoms with Gasteiger partial charge in [-0.1, -0.05) is 23.4 Å². The highest BCUT2D eigenvalue weighted by atomic mass is 16.5. The smallest absolute Gasteiger partial charge is 0.252 e. The van der Waals surface area contributed by atoms with Crippen LogP contribution in [0.3, 0.4) is 0 Å². The quantitative estimate of drug-likeness (QED) is 0.805. The van der Waals surface area contributed by atoms with Crippen LogP contribution < -0.4 is 4.74 Å². The number of carbonyl (C=O) groups excluding carboxylic acids is 1. The molecule has 24 heavy (non-hydrogen) atoms. The van der Waals surface area contributed by atoms with Gasteiger partial charge in [0.2, 0.25) is 5.91 Å². The van der Waals surface area contributed by atoms with E-state index >= 15 is 0 Å². The number of rotatable bonds is 6. The Kier molecular flexibility index (Phi) is 5.10. The summed E-state index contributed by atoms with van der Waals surface area (Å²) in [6.07, 6.45) is 0.926. The Morgan fingerprint density at radius 3 is 3.00 bits per heavy atom. The molecule has 1 aliphatic rings. The summed E-state index contributed by atoms with van der Waals surface area (Å²) in [4.78, 5) is 18.1. The van der Waals surface area contributed by atoms with Crippen LogP contribution in [-0.4, -0.2) is 47.8 Å². The number of carbonyl (C=O) groups is 1. The van der Waals surface area contributed by atoms with Crippen molar-refractivity contribution in [3.05, 3.63) is 41.5 Å². The Morgan fingerprint density at radius 1 is 1.42 bits per heavy atom. The third-order valence-corrected chi connectivity index (χ3v) is 4.14. The molecule has 2 aromatic rings. The van der Waals surface area contributed by atoms with Crippen LogP contribution in [-0.2, 0) is 16.1 Å². The third kappa shape index (κ3) is 3.73. The monoisotopic (exact) mass is 331 g/mol. The second-order valence-corrected chi connectivity index (χ2v) is 5.80. The molecule has 1 unspecified atom stereocenters. The van der Waals surface area contributed by atoms with E-state index < -0.39 is 0 Å². The summed E-state index contributed by atoms with van der Waals surface area (Å²) >= 11 is 0. The Bertz CT molecular complexity index is 701. The lowest BCUT2D eigenvalue weighted by atomic mass is 9.97. The maximum absolute atomic E-state index is 12.3. The van der Waals surface area contributed by atoms with Crippen molar-refractivity contribution in [1.29, 1.82) is 0 Å². The molecule has 0 saturated carbocycles. The van der Waals surface area contributed by atoms with E-state index in [9.17, 15) is 4.79 Å². The lowest BCUT2D eigenvalue weighted by Gasteiger charge is -2.17. The maximum atomic E-state index is 12.3. The average Bonchev–Trinajstić information content (AvgIpc) is 3.24. The molecular formula is C17H21N3O4. The first-order chi connectivity index (χ1) is 11.7. The molecule has 0 aliphatic carbocycles. The van der Waals surface area contributed by atoms with Crippen LogP contribution in [0, 0.1) is 6.92 Å². The van der Waals surface area contributed by atoms with E-state index in [2.05, 4.69) is 16.2 Å². The minimum atomic E-state index is -0.0244. The van der Waals surface area contributed by atoms with E-state index in [0.717, 1.165) is 24.3 Å². The number of benzene rings is 1. The van der Waals surface area contributed by atoms with Gasteiger partial charge in [-0.25, -0.2) is 0 Å². The largest absolute Gasteiger partial charge is 0.496 e. The maximum Gasteiger partial charge on any atom is 0.252 e. The lowest BCUT2D eigenvalue weighted by molar-refractivity contribution is -0.135.